The molecule has 1 aromatic heterocycles. The van der Waals surface area contributed by atoms with Crippen molar-refractivity contribution in [2.24, 2.45) is 0 Å². The fourth-order valence-electron chi connectivity index (χ4n) is 1.71. The zero-order valence-electron chi connectivity index (χ0n) is 9.21. The largest absolute Gasteiger partial charge is 0.306 e. The molecule has 1 heterocycles. The fourth-order valence-corrected chi connectivity index (χ4v) is 2.64. The second-order valence-corrected chi connectivity index (χ2v) is 5.11. The van der Waals surface area contributed by atoms with Gasteiger partial charge in [-0.15, -0.1) is 10.2 Å². The summed E-state index contributed by atoms with van der Waals surface area (Å²) in [7, 11) is 0. The molecule has 1 aliphatic carbocycles. The van der Waals surface area contributed by atoms with Crippen molar-refractivity contribution in [3.8, 4) is 0 Å². The zero-order chi connectivity index (χ0) is 11.7. The third-order valence-corrected chi connectivity index (χ3v) is 3.77. The van der Waals surface area contributed by atoms with Crippen molar-refractivity contribution < 1.29 is 4.39 Å². The van der Waals surface area contributed by atoms with Crippen LogP contribution >= 0.6 is 11.8 Å². The number of hydrogen-bond acceptors (Lipinski definition) is 3. The lowest BCUT2D eigenvalue weighted by atomic mass is 10.2. The van der Waals surface area contributed by atoms with Crippen molar-refractivity contribution in [1.29, 1.82) is 0 Å². The molecule has 2 aromatic rings. The molecule has 0 unspecified atom stereocenters. The molecule has 17 heavy (non-hydrogen) atoms. The minimum atomic E-state index is -0.188. The van der Waals surface area contributed by atoms with Crippen LogP contribution < -0.4 is 0 Å². The van der Waals surface area contributed by atoms with Crippen LogP contribution in [0.15, 0.2) is 35.7 Å². The molecule has 0 spiro atoms. The second-order valence-electron chi connectivity index (χ2n) is 4.17. The van der Waals surface area contributed by atoms with Crippen LogP contribution in [0.5, 0.6) is 0 Å². The Bertz CT molecular complexity index is 522. The summed E-state index contributed by atoms with van der Waals surface area (Å²) < 4.78 is 15.1. The van der Waals surface area contributed by atoms with Gasteiger partial charge in [0.1, 0.15) is 12.1 Å². The van der Waals surface area contributed by atoms with Gasteiger partial charge < -0.3 is 4.57 Å². The van der Waals surface area contributed by atoms with Gasteiger partial charge in [-0.25, -0.2) is 4.39 Å². The maximum atomic E-state index is 13.0. The number of aromatic nitrogens is 3. The molecule has 0 N–H and O–H groups in total. The molecule has 0 saturated heterocycles. The maximum Gasteiger partial charge on any atom is 0.191 e. The second kappa shape index (κ2) is 4.49. The number of nitrogens with zero attached hydrogens (tertiary/aromatic N) is 3. The first-order valence-electron chi connectivity index (χ1n) is 5.60. The molecule has 0 radical (unpaired) electrons. The van der Waals surface area contributed by atoms with E-state index < -0.39 is 0 Å². The van der Waals surface area contributed by atoms with Gasteiger partial charge in [-0.1, -0.05) is 23.9 Å². The standard InChI is InChI=1S/C12H12FN3S/c13-10-3-1-2-9(6-10)7-17-12-15-14-8-16(12)11-4-5-11/h1-3,6,8,11H,4-5,7H2. The third kappa shape index (κ3) is 2.49. The fraction of sp³-hybridized carbons (Fsp3) is 0.333. The number of benzene rings is 1. The quantitative estimate of drug-likeness (QED) is 0.780. The average molecular weight is 249 g/mol. The Morgan fingerprint density at radius 2 is 2.29 bits per heavy atom. The molecule has 3 nitrogen and oxygen atoms in total. The molecule has 0 bridgehead atoms. The Kier molecular flexibility index (Phi) is 2.84. The van der Waals surface area contributed by atoms with Crippen LogP contribution in [0.2, 0.25) is 0 Å². The van der Waals surface area contributed by atoms with Gasteiger partial charge >= 0.3 is 0 Å². The smallest absolute Gasteiger partial charge is 0.191 e. The van der Waals surface area contributed by atoms with Gasteiger partial charge in [0.15, 0.2) is 5.16 Å². The van der Waals surface area contributed by atoms with E-state index >= 15 is 0 Å². The molecule has 1 fully saturated rings. The molecule has 3 rings (SSSR count). The predicted molar refractivity (Wildman–Crippen MR) is 64.3 cm³/mol. The lowest BCUT2D eigenvalue weighted by molar-refractivity contribution is 0.626. The van der Waals surface area contributed by atoms with Crippen LogP contribution in [0.25, 0.3) is 0 Å². The maximum absolute atomic E-state index is 13.0. The van der Waals surface area contributed by atoms with Crippen molar-refractivity contribution in [2.45, 2.75) is 29.8 Å². The Morgan fingerprint density at radius 1 is 1.41 bits per heavy atom. The molecule has 0 aliphatic heterocycles. The normalized spacial score (nSPS) is 15.1. The van der Waals surface area contributed by atoms with E-state index in [9.17, 15) is 4.39 Å². The predicted octanol–water partition coefficient (Wildman–Crippen LogP) is 3.04. The Labute approximate surface area is 103 Å². The van der Waals surface area contributed by atoms with E-state index in [2.05, 4.69) is 14.8 Å². The highest BCUT2D eigenvalue weighted by Crippen LogP contribution is 2.37. The van der Waals surface area contributed by atoms with Crippen LogP contribution in [0.3, 0.4) is 0 Å². The number of rotatable bonds is 4. The summed E-state index contributed by atoms with van der Waals surface area (Å²) in [5, 5.41) is 8.96. The average Bonchev–Trinajstić information content (AvgIpc) is 3.06. The molecule has 0 atom stereocenters. The first kappa shape index (κ1) is 10.8. The monoisotopic (exact) mass is 249 g/mol. The van der Waals surface area contributed by atoms with Crippen molar-refractivity contribution in [2.75, 3.05) is 0 Å². The van der Waals surface area contributed by atoms with Crippen LogP contribution in [0, 0.1) is 5.82 Å². The van der Waals surface area contributed by atoms with Gasteiger partial charge in [-0.2, -0.15) is 0 Å². The lowest BCUT2D eigenvalue weighted by Gasteiger charge is -2.04. The van der Waals surface area contributed by atoms with Crippen LogP contribution in [0.4, 0.5) is 4.39 Å². The first-order valence-corrected chi connectivity index (χ1v) is 6.58. The van der Waals surface area contributed by atoms with E-state index in [1.54, 1.807) is 30.2 Å². The van der Waals surface area contributed by atoms with Crippen LogP contribution in [-0.2, 0) is 5.75 Å². The molecule has 1 saturated carbocycles. The SMILES string of the molecule is Fc1cccc(CSc2nncn2C2CC2)c1. The van der Waals surface area contributed by atoms with E-state index in [1.165, 1.54) is 18.9 Å². The summed E-state index contributed by atoms with van der Waals surface area (Å²) in [5.74, 6) is 0.537. The van der Waals surface area contributed by atoms with Crippen molar-refractivity contribution in [1.82, 2.24) is 14.8 Å². The lowest BCUT2D eigenvalue weighted by Crippen LogP contribution is -1.94. The topological polar surface area (TPSA) is 30.7 Å². The number of hydrogen-bond donors (Lipinski definition) is 0. The number of thioether (sulfide) groups is 1. The van der Waals surface area contributed by atoms with E-state index in [-0.39, 0.29) is 5.82 Å². The van der Waals surface area contributed by atoms with Gasteiger partial charge in [0, 0.05) is 11.8 Å². The molecular formula is C12H12FN3S. The molecule has 88 valence electrons. The van der Waals surface area contributed by atoms with Crippen LogP contribution in [0.1, 0.15) is 24.4 Å². The van der Waals surface area contributed by atoms with Gasteiger partial charge in [-0.05, 0) is 30.5 Å². The van der Waals surface area contributed by atoms with Gasteiger partial charge in [0.05, 0.1) is 0 Å². The molecule has 5 heteroatoms. The summed E-state index contributed by atoms with van der Waals surface area (Å²) in [6, 6.07) is 7.26. The molecule has 1 aromatic carbocycles. The highest BCUT2D eigenvalue weighted by molar-refractivity contribution is 7.98. The summed E-state index contributed by atoms with van der Waals surface area (Å²) in [6.45, 7) is 0. The Balaban J connectivity index is 1.69. The van der Waals surface area contributed by atoms with E-state index in [1.807, 2.05) is 6.07 Å². The zero-order valence-corrected chi connectivity index (χ0v) is 10.0. The van der Waals surface area contributed by atoms with Crippen molar-refractivity contribution >= 4 is 11.8 Å². The third-order valence-electron chi connectivity index (χ3n) is 2.74. The Hall–Kier alpha value is -1.36. The molecule has 0 amide bonds. The Morgan fingerprint density at radius 3 is 3.06 bits per heavy atom. The summed E-state index contributed by atoms with van der Waals surface area (Å²) in [6.07, 6.45) is 4.21. The van der Waals surface area contributed by atoms with E-state index in [4.69, 9.17) is 0 Å². The minimum Gasteiger partial charge on any atom is -0.306 e. The summed E-state index contributed by atoms with van der Waals surface area (Å²) in [5.41, 5.74) is 0.973. The van der Waals surface area contributed by atoms with E-state index in [0.29, 0.717) is 6.04 Å². The summed E-state index contributed by atoms with van der Waals surface area (Å²) >= 11 is 1.61. The van der Waals surface area contributed by atoms with E-state index in [0.717, 1.165) is 16.5 Å². The first-order chi connectivity index (χ1) is 8.33. The van der Waals surface area contributed by atoms with Crippen LogP contribution in [-0.4, -0.2) is 14.8 Å². The molecular weight excluding hydrogens is 237 g/mol. The minimum absolute atomic E-state index is 0.188. The summed E-state index contributed by atoms with van der Waals surface area (Å²) in [4.78, 5) is 0. The van der Waals surface area contributed by atoms with Crippen molar-refractivity contribution in [3.63, 3.8) is 0 Å². The number of halogens is 1. The highest BCUT2D eigenvalue weighted by Gasteiger charge is 2.26. The van der Waals surface area contributed by atoms with Gasteiger partial charge in [-0.3, -0.25) is 0 Å². The van der Waals surface area contributed by atoms with Crippen molar-refractivity contribution in [3.05, 3.63) is 42.0 Å². The van der Waals surface area contributed by atoms with Gasteiger partial charge in [0.25, 0.3) is 0 Å². The van der Waals surface area contributed by atoms with Gasteiger partial charge in [0.2, 0.25) is 0 Å². The highest BCUT2D eigenvalue weighted by atomic mass is 32.2. The molecule has 1 aliphatic rings.